The molecule has 3 unspecified atom stereocenters. The van der Waals surface area contributed by atoms with Crippen LogP contribution in [0.1, 0.15) is 27.2 Å². The fraction of sp³-hybridized carbons (Fsp3) is 0.889. The maximum Gasteiger partial charge on any atom is 0.311 e. The summed E-state index contributed by atoms with van der Waals surface area (Å²) >= 11 is 0. The zero-order chi connectivity index (χ0) is 10.4. The molecule has 0 saturated heterocycles. The molecule has 0 aliphatic rings. The van der Waals surface area contributed by atoms with Crippen LogP contribution in [0.25, 0.3) is 0 Å². The van der Waals surface area contributed by atoms with Crippen LogP contribution in [0.15, 0.2) is 0 Å². The SMILES string of the molecule is CCOC(=O)C(CC(C)O)C(C)O. The van der Waals surface area contributed by atoms with Crippen molar-refractivity contribution in [3.63, 3.8) is 0 Å². The molecule has 0 radical (unpaired) electrons. The smallest absolute Gasteiger partial charge is 0.311 e. The number of ether oxygens (including phenoxy) is 1. The van der Waals surface area contributed by atoms with E-state index in [0.717, 1.165) is 0 Å². The highest BCUT2D eigenvalue weighted by molar-refractivity contribution is 5.73. The lowest BCUT2D eigenvalue weighted by atomic mass is 9.97. The molecule has 0 aromatic heterocycles. The highest BCUT2D eigenvalue weighted by Crippen LogP contribution is 2.13. The van der Waals surface area contributed by atoms with E-state index >= 15 is 0 Å². The highest BCUT2D eigenvalue weighted by Gasteiger charge is 2.26. The number of aliphatic hydroxyl groups excluding tert-OH is 2. The van der Waals surface area contributed by atoms with Crippen LogP contribution in [0.5, 0.6) is 0 Å². The van der Waals surface area contributed by atoms with E-state index in [1.54, 1.807) is 13.8 Å². The predicted molar refractivity (Wildman–Crippen MR) is 48.1 cm³/mol. The minimum atomic E-state index is -0.784. The van der Waals surface area contributed by atoms with Gasteiger partial charge in [0.05, 0.1) is 24.7 Å². The lowest BCUT2D eigenvalue weighted by molar-refractivity contribution is -0.153. The Morgan fingerprint density at radius 3 is 2.23 bits per heavy atom. The molecule has 0 spiro atoms. The molecule has 0 aromatic carbocycles. The number of hydrogen-bond acceptors (Lipinski definition) is 4. The molecule has 0 amide bonds. The largest absolute Gasteiger partial charge is 0.466 e. The Labute approximate surface area is 78.5 Å². The Balaban J connectivity index is 4.15. The quantitative estimate of drug-likeness (QED) is 0.613. The van der Waals surface area contributed by atoms with Crippen LogP contribution in [0.2, 0.25) is 0 Å². The number of hydrogen-bond donors (Lipinski definition) is 2. The summed E-state index contributed by atoms with van der Waals surface area (Å²) in [5.74, 6) is -1.07. The third-order valence-electron chi connectivity index (χ3n) is 1.77. The Morgan fingerprint density at radius 2 is 1.92 bits per heavy atom. The third kappa shape index (κ3) is 4.85. The van der Waals surface area contributed by atoms with Crippen molar-refractivity contribution in [2.24, 2.45) is 5.92 Å². The van der Waals surface area contributed by atoms with Gasteiger partial charge in [-0.05, 0) is 27.2 Å². The van der Waals surface area contributed by atoms with Gasteiger partial charge in [-0.2, -0.15) is 0 Å². The van der Waals surface area contributed by atoms with E-state index in [4.69, 9.17) is 9.84 Å². The van der Waals surface area contributed by atoms with Gasteiger partial charge in [-0.3, -0.25) is 4.79 Å². The zero-order valence-corrected chi connectivity index (χ0v) is 8.36. The fourth-order valence-electron chi connectivity index (χ4n) is 1.11. The standard InChI is InChI=1S/C9H18O4/c1-4-13-9(12)8(7(3)11)5-6(2)10/h6-8,10-11H,4-5H2,1-3H3. The summed E-state index contributed by atoms with van der Waals surface area (Å²) in [6.45, 7) is 5.10. The van der Waals surface area contributed by atoms with E-state index < -0.39 is 24.1 Å². The molecule has 2 N–H and O–H groups in total. The molecular weight excluding hydrogens is 172 g/mol. The Morgan fingerprint density at radius 1 is 1.38 bits per heavy atom. The molecule has 0 heterocycles. The molecule has 0 aromatic rings. The molecule has 0 saturated carbocycles. The van der Waals surface area contributed by atoms with Crippen molar-refractivity contribution in [3.05, 3.63) is 0 Å². The maximum absolute atomic E-state index is 11.2. The van der Waals surface area contributed by atoms with Crippen molar-refractivity contribution in [1.29, 1.82) is 0 Å². The number of aliphatic hydroxyl groups is 2. The Kier molecular flexibility index (Phi) is 5.66. The first-order valence-electron chi connectivity index (χ1n) is 4.51. The normalized spacial score (nSPS) is 17.6. The maximum atomic E-state index is 11.2. The Bertz CT molecular complexity index is 154. The van der Waals surface area contributed by atoms with Gasteiger partial charge in [0.2, 0.25) is 0 Å². The van der Waals surface area contributed by atoms with E-state index in [1.807, 2.05) is 0 Å². The van der Waals surface area contributed by atoms with Crippen LogP contribution in [0, 0.1) is 5.92 Å². The number of carbonyl (C=O) groups is 1. The van der Waals surface area contributed by atoms with Gasteiger partial charge < -0.3 is 14.9 Å². The summed E-state index contributed by atoms with van der Waals surface area (Å²) in [5.41, 5.74) is 0. The fourth-order valence-corrected chi connectivity index (χ4v) is 1.11. The number of carbonyl (C=O) groups excluding carboxylic acids is 1. The van der Waals surface area contributed by atoms with Crippen molar-refractivity contribution in [1.82, 2.24) is 0 Å². The molecule has 0 rings (SSSR count). The van der Waals surface area contributed by atoms with Gasteiger partial charge in [0.25, 0.3) is 0 Å². The molecule has 3 atom stereocenters. The van der Waals surface area contributed by atoms with E-state index in [2.05, 4.69) is 0 Å². The summed E-state index contributed by atoms with van der Waals surface area (Å²) in [7, 11) is 0. The van der Waals surface area contributed by atoms with Gasteiger partial charge >= 0.3 is 5.97 Å². The van der Waals surface area contributed by atoms with Gasteiger partial charge in [-0.25, -0.2) is 0 Å². The molecule has 0 aliphatic heterocycles. The van der Waals surface area contributed by atoms with Crippen molar-refractivity contribution in [2.75, 3.05) is 6.61 Å². The van der Waals surface area contributed by atoms with E-state index in [-0.39, 0.29) is 6.42 Å². The van der Waals surface area contributed by atoms with Crippen LogP contribution < -0.4 is 0 Å². The van der Waals surface area contributed by atoms with Gasteiger partial charge in [-0.1, -0.05) is 0 Å². The van der Waals surface area contributed by atoms with Gasteiger partial charge in [0.1, 0.15) is 0 Å². The van der Waals surface area contributed by atoms with Crippen LogP contribution in [0.4, 0.5) is 0 Å². The number of esters is 1. The Hall–Kier alpha value is -0.610. The van der Waals surface area contributed by atoms with E-state index in [9.17, 15) is 9.90 Å². The molecule has 78 valence electrons. The summed E-state index contributed by atoms with van der Waals surface area (Å²) in [4.78, 5) is 11.2. The lowest BCUT2D eigenvalue weighted by Gasteiger charge is -2.19. The second-order valence-corrected chi connectivity index (χ2v) is 3.18. The summed E-state index contributed by atoms with van der Waals surface area (Å²) in [6, 6.07) is 0. The molecule has 4 heteroatoms. The highest BCUT2D eigenvalue weighted by atomic mass is 16.5. The molecule has 0 aliphatic carbocycles. The monoisotopic (exact) mass is 190 g/mol. The first-order chi connectivity index (χ1) is 5.99. The second-order valence-electron chi connectivity index (χ2n) is 3.18. The van der Waals surface area contributed by atoms with Crippen LogP contribution >= 0.6 is 0 Å². The minimum absolute atomic E-state index is 0.233. The molecule has 0 bridgehead atoms. The average Bonchev–Trinajstić information content (AvgIpc) is 1.99. The van der Waals surface area contributed by atoms with E-state index in [0.29, 0.717) is 6.61 Å². The van der Waals surface area contributed by atoms with Crippen LogP contribution in [0.3, 0.4) is 0 Å². The molecular formula is C9H18O4. The summed E-state index contributed by atoms with van der Waals surface area (Å²) < 4.78 is 4.76. The molecule has 4 nitrogen and oxygen atoms in total. The van der Waals surface area contributed by atoms with Crippen molar-refractivity contribution in [2.45, 2.75) is 39.4 Å². The predicted octanol–water partition coefficient (Wildman–Crippen LogP) is 0.317. The third-order valence-corrected chi connectivity index (χ3v) is 1.77. The second kappa shape index (κ2) is 5.94. The topological polar surface area (TPSA) is 66.8 Å². The molecule has 0 fully saturated rings. The molecule has 13 heavy (non-hydrogen) atoms. The van der Waals surface area contributed by atoms with E-state index in [1.165, 1.54) is 6.92 Å². The first-order valence-corrected chi connectivity index (χ1v) is 4.51. The summed E-state index contributed by atoms with van der Waals surface area (Å²) in [6.07, 6.45) is -1.16. The first kappa shape index (κ1) is 12.4. The van der Waals surface area contributed by atoms with Crippen LogP contribution in [-0.4, -0.2) is 35.0 Å². The van der Waals surface area contributed by atoms with Gasteiger partial charge in [0, 0.05) is 0 Å². The van der Waals surface area contributed by atoms with Crippen molar-refractivity contribution < 1.29 is 19.7 Å². The van der Waals surface area contributed by atoms with Crippen molar-refractivity contribution >= 4 is 5.97 Å². The van der Waals surface area contributed by atoms with Crippen LogP contribution in [-0.2, 0) is 9.53 Å². The average molecular weight is 190 g/mol. The summed E-state index contributed by atoms with van der Waals surface area (Å²) in [5, 5.41) is 18.3. The zero-order valence-electron chi connectivity index (χ0n) is 8.36. The lowest BCUT2D eigenvalue weighted by Crippen LogP contribution is -2.30. The van der Waals surface area contributed by atoms with Crippen molar-refractivity contribution in [3.8, 4) is 0 Å². The van der Waals surface area contributed by atoms with Gasteiger partial charge in [-0.15, -0.1) is 0 Å². The number of rotatable bonds is 5. The van der Waals surface area contributed by atoms with Gasteiger partial charge in [0.15, 0.2) is 0 Å². The minimum Gasteiger partial charge on any atom is -0.466 e.